The zero-order valence-corrected chi connectivity index (χ0v) is 15.8. The number of hydrogen-bond donors (Lipinski definition) is 0. The Labute approximate surface area is 147 Å². The minimum absolute atomic E-state index is 0.201. The van der Waals surface area contributed by atoms with Gasteiger partial charge in [-0.3, -0.25) is 4.79 Å². The van der Waals surface area contributed by atoms with Gasteiger partial charge in [0.2, 0.25) is 0 Å². The summed E-state index contributed by atoms with van der Waals surface area (Å²) < 4.78 is 11.6. The molecule has 0 saturated heterocycles. The standard InChI is InChI=1S/C21H34O3/c1-5-6-7-8-9-10-20(24-21(2,3)23-4)16-15-18-11-13-19(17-22)14-12-18/h11-14,17,20H,5-10,15-16H2,1-4H3. The van der Waals surface area contributed by atoms with Gasteiger partial charge in [-0.2, -0.15) is 0 Å². The molecule has 0 saturated carbocycles. The Kier molecular flexibility index (Phi) is 9.89. The third kappa shape index (κ3) is 8.60. The first-order chi connectivity index (χ1) is 11.5. The fourth-order valence-electron chi connectivity index (χ4n) is 2.78. The molecule has 0 aromatic heterocycles. The van der Waals surface area contributed by atoms with E-state index in [0.717, 1.165) is 31.1 Å². The maximum Gasteiger partial charge on any atom is 0.162 e. The van der Waals surface area contributed by atoms with Crippen LogP contribution in [-0.4, -0.2) is 25.3 Å². The molecule has 0 heterocycles. The van der Waals surface area contributed by atoms with Gasteiger partial charge in [-0.25, -0.2) is 0 Å². The molecule has 3 heteroatoms. The van der Waals surface area contributed by atoms with Crippen LogP contribution in [0.25, 0.3) is 0 Å². The van der Waals surface area contributed by atoms with E-state index in [1.165, 1.54) is 37.7 Å². The molecule has 1 aromatic rings. The molecule has 1 unspecified atom stereocenters. The summed E-state index contributed by atoms with van der Waals surface area (Å²) in [5.74, 6) is -0.546. The number of carbonyl (C=O) groups excluding carboxylic acids is 1. The van der Waals surface area contributed by atoms with E-state index in [0.29, 0.717) is 0 Å². The summed E-state index contributed by atoms with van der Waals surface area (Å²) in [5.41, 5.74) is 1.97. The zero-order valence-electron chi connectivity index (χ0n) is 15.8. The molecule has 0 spiro atoms. The topological polar surface area (TPSA) is 35.5 Å². The average Bonchev–Trinajstić information content (AvgIpc) is 2.59. The summed E-state index contributed by atoms with van der Waals surface area (Å²) in [6.07, 6.45) is 10.5. The Hall–Kier alpha value is -1.19. The van der Waals surface area contributed by atoms with E-state index in [1.54, 1.807) is 7.11 Å². The van der Waals surface area contributed by atoms with Crippen molar-refractivity contribution in [3.05, 3.63) is 35.4 Å². The molecule has 0 aliphatic heterocycles. The number of aryl methyl sites for hydroxylation is 1. The van der Waals surface area contributed by atoms with Crippen LogP contribution < -0.4 is 0 Å². The maximum absolute atomic E-state index is 10.7. The lowest BCUT2D eigenvalue weighted by molar-refractivity contribution is -0.225. The third-order valence-corrected chi connectivity index (χ3v) is 4.44. The lowest BCUT2D eigenvalue weighted by Crippen LogP contribution is -2.32. The second-order valence-electron chi connectivity index (χ2n) is 6.94. The van der Waals surface area contributed by atoms with Crippen molar-refractivity contribution >= 4 is 6.29 Å². The van der Waals surface area contributed by atoms with E-state index in [1.807, 2.05) is 38.1 Å². The molecule has 0 N–H and O–H groups in total. The van der Waals surface area contributed by atoms with Gasteiger partial charge in [0.1, 0.15) is 6.29 Å². The highest BCUT2D eigenvalue weighted by molar-refractivity contribution is 5.74. The van der Waals surface area contributed by atoms with Crippen LogP contribution in [0.2, 0.25) is 0 Å². The van der Waals surface area contributed by atoms with Crippen molar-refractivity contribution in [2.75, 3.05) is 7.11 Å². The SMILES string of the molecule is CCCCCCCC(CCc1ccc(C=O)cc1)OC(C)(C)OC. The number of rotatable bonds is 13. The molecule has 3 nitrogen and oxygen atoms in total. The smallest absolute Gasteiger partial charge is 0.162 e. The van der Waals surface area contributed by atoms with E-state index in [4.69, 9.17) is 9.47 Å². The van der Waals surface area contributed by atoms with E-state index >= 15 is 0 Å². The van der Waals surface area contributed by atoms with Crippen molar-refractivity contribution in [1.82, 2.24) is 0 Å². The number of ether oxygens (including phenoxy) is 2. The van der Waals surface area contributed by atoms with Crippen LogP contribution in [-0.2, 0) is 15.9 Å². The highest BCUT2D eigenvalue weighted by atomic mass is 16.7. The molecule has 1 atom stereocenters. The van der Waals surface area contributed by atoms with Crippen LogP contribution in [0.4, 0.5) is 0 Å². The molecule has 0 bridgehead atoms. The quantitative estimate of drug-likeness (QED) is 0.269. The van der Waals surface area contributed by atoms with Crippen molar-refractivity contribution in [2.45, 2.75) is 84.0 Å². The van der Waals surface area contributed by atoms with Crippen molar-refractivity contribution in [1.29, 1.82) is 0 Å². The minimum Gasteiger partial charge on any atom is -0.354 e. The van der Waals surface area contributed by atoms with Crippen LogP contribution in [0.1, 0.15) is 81.6 Å². The summed E-state index contributed by atoms with van der Waals surface area (Å²) in [4.78, 5) is 10.7. The number of methoxy groups -OCH3 is 1. The van der Waals surface area contributed by atoms with Crippen LogP contribution in [0.3, 0.4) is 0 Å². The van der Waals surface area contributed by atoms with Crippen molar-refractivity contribution in [3.63, 3.8) is 0 Å². The maximum atomic E-state index is 10.7. The van der Waals surface area contributed by atoms with Gasteiger partial charge in [0.25, 0.3) is 0 Å². The lowest BCUT2D eigenvalue weighted by atomic mass is 10.0. The van der Waals surface area contributed by atoms with E-state index in [-0.39, 0.29) is 6.10 Å². The van der Waals surface area contributed by atoms with Crippen LogP contribution in [0.5, 0.6) is 0 Å². The predicted molar refractivity (Wildman–Crippen MR) is 99.5 cm³/mol. The van der Waals surface area contributed by atoms with E-state index < -0.39 is 5.79 Å². The fraction of sp³-hybridized carbons (Fsp3) is 0.667. The molecular formula is C21H34O3. The minimum atomic E-state index is -0.546. The fourth-order valence-corrected chi connectivity index (χ4v) is 2.78. The Balaban J connectivity index is 2.50. The monoisotopic (exact) mass is 334 g/mol. The Morgan fingerprint density at radius 2 is 1.71 bits per heavy atom. The number of carbonyl (C=O) groups is 1. The molecule has 1 aromatic carbocycles. The van der Waals surface area contributed by atoms with Crippen LogP contribution in [0.15, 0.2) is 24.3 Å². The molecular weight excluding hydrogens is 300 g/mol. The largest absolute Gasteiger partial charge is 0.354 e. The molecule has 0 aliphatic rings. The predicted octanol–water partition coefficient (Wildman–Crippen LogP) is 5.56. The average molecular weight is 335 g/mol. The van der Waals surface area contributed by atoms with Gasteiger partial charge in [-0.1, -0.05) is 63.3 Å². The molecule has 0 aliphatic carbocycles. The first-order valence-electron chi connectivity index (χ1n) is 9.28. The number of unbranched alkanes of at least 4 members (excludes halogenated alkanes) is 4. The van der Waals surface area contributed by atoms with E-state index in [2.05, 4.69) is 6.92 Å². The van der Waals surface area contributed by atoms with E-state index in [9.17, 15) is 4.79 Å². The second-order valence-corrected chi connectivity index (χ2v) is 6.94. The zero-order chi connectivity index (χ0) is 17.8. The first-order valence-corrected chi connectivity index (χ1v) is 9.28. The normalized spacial score (nSPS) is 13.0. The van der Waals surface area contributed by atoms with Crippen molar-refractivity contribution in [3.8, 4) is 0 Å². The summed E-state index contributed by atoms with van der Waals surface area (Å²) in [6.45, 7) is 6.18. The first kappa shape index (κ1) is 20.9. The molecule has 0 fully saturated rings. The second kappa shape index (κ2) is 11.4. The van der Waals surface area contributed by atoms with Crippen LogP contribution in [0, 0.1) is 0 Å². The van der Waals surface area contributed by atoms with Gasteiger partial charge in [0.05, 0.1) is 6.10 Å². The van der Waals surface area contributed by atoms with Gasteiger partial charge in [-0.05, 0) is 38.7 Å². The van der Waals surface area contributed by atoms with Crippen LogP contribution >= 0.6 is 0 Å². The molecule has 0 radical (unpaired) electrons. The summed E-state index contributed by atoms with van der Waals surface area (Å²) in [7, 11) is 1.69. The molecule has 1 rings (SSSR count). The summed E-state index contributed by atoms with van der Waals surface area (Å²) >= 11 is 0. The summed E-state index contributed by atoms with van der Waals surface area (Å²) in [5, 5.41) is 0. The molecule has 136 valence electrons. The molecule has 0 amide bonds. The lowest BCUT2D eigenvalue weighted by Gasteiger charge is -2.30. The number of benzene rings is 1. The molecule has 24 heavy (non-hydrogen) atoms. The van der Waals surface area contributed by atoms with Crippen molar-refractivity contribution < 1.29 is 14.3 Å². The Bertz CT molecular complexity index is 451. The van der Waals surface area contributed by atoms with Gasteiger partial charge in [0.15, 0.2) is 5.79 Å². The van der Waals surface area contributed by atoms with Crippen molar-refractivity contribution in [2.24, 2.45) is 0 Å². The number of hydrogen-bond acceptors (Lipinski definition) is 3. The number of aldehydes is 1. The highest BCUT2D eigenvalue weighted by Crippen LogP contribution is 2.21. The highest BCUT2D eigenvalue weighted by Gasteiger charge is 2.22. The Morgan fingerprint density at radius 1 is 1.04 bits per heavy atom. The van der Waals surface area contributed by atoms with Gasteiger partial charge < -0.3 is 9.47 Å². The van der Waals surface area contributed by atoms with Gasteiger partial charge in [0, 0.05) is 12.7 Å². The van der Waals surface area contributed by atoms with Gasteiger partial charge >= 0.3 is 0 Å². The third-order valence-electron chi connectivity index (χ3n) is 4.44. The van der Waals surface area contributed by atoms with Gasteiger partial charge in [-0.15, -0.1) is 0 Å². The summed E-state index contributed by atoms with van der Waals surface area (Å²) in [6, 6.07) is 7.82. The Morgan fingerprint density at radius 3 is 2.29 bits per heavy atom.